The minimum Gasteiger partial charge on any atom is -0.454 e. The van der Waals surface area contributed by atoms with Gasteiger partial charge in [-0.25, -0.2) is 14.1 Å². The van der Waals surface area contributed by atoms with E-state index in [0.29, 0.717) is 30.3 Å². The molecule has 9 heteroatoms. The van der Waals surface area contributed by atoms with Crippen LogP contribution in [0, 0.1) is 11.8 Å². The Bertz CT molecular complexity index is 956. The van der Waals surface area contributed by atoms with Crippen LogP contribution < -0.4 is 5.32 Å². The van der Waals surface area contributed by atoms with Crippen LogP contribution in [0.2, 0.25) is 0 Å². The predicted molar refractivity (Wildman–Crippen MR) is 119 cm³/mol. The van der Waals surface area contributed by atoms with Gasteiger partial charge >= 0.3 is 12.0 Å². The second-order valence-corrected chi connectivity index (χ2v) is 10.3. The number of nitrogens with zero attached hydrogens (tertiary/aromatic N) is 3. The third kappa shape index (κ3) is 3.72. The fraction of sp³-hybridized carbons (Fsp3) is 0.565. The first-order valence-corrected chi connectivity index (χ1v) is 12.3. The van der Waals surface area contributed by atoms with Crippen LogP contribution in [0.25, 0.3) is 0 Å². The number of urea groups is 1. The van der Waals surface area contributed by atoms with Gasteiger partial charge in [0.1, 0.15) is 6.54 Å². The van der Waals surface area contributed by atoms with Gasteiger partial charge in [0.25, 0.3) is 0 Å². The van der Waals surface area contributed by atoms with Gasteiger partial charge in [-0.2, -0.15) is 5.10 Å². The summed E-state index contributed by atoms with van der Waals surface area (Å²) in [6, 6.07) is 6.97. The number of quaternary nitrogens is 1. The van der Waals surface area contributed by atoms with Crippen LogP contribution in [0.4, 0.5) is 10.6 Å². The van der Waals surface area contributed by atoms with E-state index < -0.39 is 11.6 Å². The molecule has 32 heavy (non-hydrogen) atoms. The summed E-state index contributed by atoms with van der Waals surface area (Å²) in [6.45, 7) is 1.85. The number of carbonyl (C=O) groups is 2. The molecule has 2 N–H and O–H groups in total. The summed E-state index contributed by atoms with van der Waals surface area (Å²) in [5.41, 5.74) is -1.61. The number of carbonyl (C=O) groups excluding carboxylic acids is 2. The summed E-state index contributed by atoms with van der Waals surface area (Å²) in [5, 5.41) is 24.2. The van der Waals surface area contributed by atoms with E-state index in [-0.39, 0.29) is 28.5 Å². The number of ether oxygens (including phenoxy) is 1. The molecule has 4 fully saturated rings. The second-order valence-electron chi connectivity index (χ2n) is 9.32. The van der Waals surface area contributed by atoms with E-state index in [2.05, 4.69) is 15.5 Å². The molecule has 2 bridgehead atoms. The van der Waals surface area contributed by atoms with Crippen LogP contribution in [0.5, 0.6) is 0 Å². The van der Waals surface area contributed by atoms with Gasteiger partial charge in [0.15, 0.2) is 17.5 Å². The van der Waals surface area contributed by atoms with Crippen LogP contribution in [0.3, 0.4) is 0 Å². The number of hydrogen-bond donors (Lipinski definition) is 2. The van der Waals surface area contributed by atoms with Crippen molar-refractivity contribution in [1.29, 1.82) is 0 Å². The SMILES string of the molecule is O=C(OC1C[N+]2(C(=O)Nc3cccnn3)CCC1CC2)[C@@](O)(c1cccs1)C1CCCC1. The molecule has 5 heterocycles. The molecule has 1 aliphatic carbocycles. The van der Waals surface area contributed by atoms with Crippen molar-refractivity contribution in [1.82, 2.24) is 10.2 Å². The Morgan fingerprint density at radius 2 is 1.94 bits per heavy atom. The Balaban J connectivity index is 1.34. The molecule has 4 aliphatic rings. The summed E-state index contributed by atoms with van der Waals surface area (Å²) in [6.07, 6.45) is 6.46. The predicted octanol–water partition coefficient (Wildman–Crippen LogP) is 3.30. The number of anilines is 1. The molecule has 2 amide bonds. The van der Waals surface area contributed by atoms with E-state index in [1.807, 2.05) is 17.5 Å². The normalized spacial score (nSPS) is 29.4. The van der Waals surface area contributed by atoms with Crippen LogP contribution in [0.1, 0.15) is 43.4 Å². The third-order valence-corrected chi connectivity index (χ3v) is 8.56. The molecule has 6 rings (SSSR count). The number of piperidine rings is 3. The highest BCUT2D eigenvalue weighted by Crippen LogP contribution is 2.44. The quantitative estimate of drug-likeness (QED) is 0.528. The molecule has 1 saturated carbocycles. The van der Waals surface area contributed by atoms with E-state index in [1.165, 1.54) is 11.3 Å². The molecule has 2 aromatic heterocycles. The minimum absolute atomic E-state index is 0.127. The molecular weight excluding hydrogens is 428 g/mol. The Labute approximate surface area is 191 Å². The molecule has 0 radical (unpaired) electrons. The summed E-state index contributed by atoms with van der Waals surface area (Å²) >= 11 is 1.40. The van der Waals surface area contributed by atoms with Crippen molar-refractivity contribution < 1.29 is 23.9 Å². The lowest BCUT2D eigenvalue weighted by atomic mass is 9.82. The smallest absolute Gasteiger partial charge is 0.422 e. The lowest BCUT2D eigenvalue weighted by Gasteiger charge is -2.49. The maximum absolute atomic E-state index is 13.5. The molecule has 170 valence electrons. The zero-order valence-electron chi connectivity index (χ0n) is 18.0. The average Bonchev–Trinajstić information content (AvgIpc) is 3.55. The molecule has 2 atom stereocenters. The molecule has 0 spiro atoms. The van der Waals surface area contributed by atoms with Crippen molar-refractivity contribution in [2.45, 2.75) is 50.2 Å². The lowest BCUT2D eigenvalue weighted by Crippen LogP contribution is -2.68. The Morgan fingerprint density at radius 3 is 2.59 bits per heavy atom. The lowest BCUT2D eigenvalue weighted by molar-refractivity contribution is -0.869. The fourth-order valence-corrected chi connectivity index (χ4v) is 6.57. The number of nitrogens with one attached hydrogen (secondary N) is 1. The zero-order chi connectivity index (χ0) is 22.2. The van der Waals surface area contributed by atoms with Gasteiger partial charge in [-0.1, -0.05) is 18.9 Å². The second kappa shape index (κ2) is 8.53. The van der Waals surface area contributed by atoms with E-state index >= 15 is 0 Å². The maximum atomic E-state index is 13.5. The number of hydrogen-bond acceptors (Lipinski definition) is 7. The highest BCUT2D eigenvalue weighted by atomic mass is 32.1. The summed E-state index contributed by atoms with van der Waals surface area (Å²) in [4.78, 5) is 27.3. The summed E-state index contributed by atoms with van der Waals surface area (Å²) in [5.74, 6) is -0.0464. The molecule has 8 nitrogen and oxygen atoms in total. The first kappa shape index (κ1) is 21.5. The number of aliphatic hydroxyl groups is 1. The van der Waals surface area contributed by atoms with Crippen LogP contribution in [0.15, 0.2) is 35.8 Å². The monoisotopic (exact) mass is 457 g/mol. The standard InChI is InChI=1S/C23H28N4O4S/c28-21(23(30,17-5-1-2-6-17)19-7-4-14-32-19)31-18-15-27(12-9-16(18)10-13-27)22(29)25-20-8-3-11-24-26-20/h3-4,7-8,11,14,16-18,30H,1-2,5-6,9-10,12-13,15H2/p+1/t16?,18?,23-,27?/m0/s1. The first-order chi connectivity index (χ1) is 15.5. The van der Waals surface area contributed by atoms with Crippen molar-refractivity contribution >= 4 is 29.2 Å². The topological polar surface area (TPSA) is 101 Å². The molecule has 3 saturated heterocycles. The summed E-state index contributed by atoms with van der Waals surface area (Å²) < 4.78 is 6.26. The minimum atomic E-state index is -1.61. The van der Waals surface area contributed by atoms with Crippen LogP contribution >= 0.6 is 11.3 Å². The van der Waals surface area contributed by atoms with E-state index in [1.54, 1.807) is 18.3 Å². The van der Waals surface area contributed by atoms with E-state index in [9.17, 15) is 14.7 Å². The zero-order valence-corrected chi connectivity index (χ0v) is 18.8. The van der Waals surface area contributed by atoms with Crippen molar-refractivity contribution in [3.05, 3.63) is 40.7 Å². The number of rotatable bonds is 5. The van der Waals surface area contributed by atoms with Gasteiger partial charge < -0.3 is 9.84 Å². The van der Waals surface area contributed by atoms with Gasteiger partial charge in [0.05, 0.1) is 13.1 Å². The highest BCUT2D eigenvalue weighted by Gasteiger charge is 2.55. The molecular formula is C23H29N4O4S+. The summed E-state index contributed by atoms with van der Waals surface area (Å²) in [7, 11) is 0. The van der Waals surface area contributed by atoms with Crippen molar-refractivity contribution in [3.8, 4) is 0 Å². The molecule has 1 unspecified atom stereocenters. The van der Waals surface area contributed by atoms with Crippen LogP contribution in [-0.4, -0.2) is 57.5 Å². The fourth-order valence-electron chi connectivity index (χ4n) is 5.68. The van der Waals surface area contributed by atoms with Crippen molar-refractivity contribution in [3.63, 3.8) is 0 Å². The number of amides is 2. The van der Waals surface area contributed by atoms with Crippen molar-refractivity contribution in [2.75, 3.05) is 25.0 Å². The van der Waals surface area contributed by atoms with Gasteiger partial charge in [0, 0.05) is 35.8 Å². The Kier molecular flexibility index (Phi) is 5.73. The maximum Gasteiger partial charge on any atom is 0.422 e. The van der Waals surface area contributed by atoms with E-state index in [0.717, 1.165) is 38.5 Å². The van der Waals surface area contributed by atoms with E-state index in [4.69, 9.17) is 4.74 Å². The number of esters is 1. The average molecular weight is 458 g/mol. The Morgan fingerprint density at radius 1 is 1.16 bits per heavy atom. The molecule has 0 aromatic carbocycles. The van der Waals surface area contributed by atoms with Gasteiger partial charge in [-0.05, 0) is 36.4 Å². The molecule has 3 aliphatic heterocycles. The number of thiophene rings is 1. The largest absolute Gasteiger partial charge is 0.454 e. The van der Waals surface area contributed by atoms with Gasteiger partial charge in [-0.15, -0.1) is 16.4 Å². The van der Waals surface area contributed by atoms with Crippen molar-refractivity contribution in [2.24, 2.45) is 11.8 Å². The highest BCUT2D eigenvalue weighted by molar-refractivity contribution is 7.10. The van der Waals surface area contributed by atoms with Crippen LogP contribution in [-0.2, 0) is 15.1 Å². The van der Waals surface area contributed by atoms with Gasteiger partial charge in [0.2, 0.25) is 0 Å². The third-order valence-electron chi connectivity index (χ3n) is 7.56. The Hall–Kier alpha value is -2.36. The van der Waals surface area contributed by atoms with Gasteiger partial charge in [-0.3, -0.25) is 5.32 Å². The number of fused-ring (bicyclic) bond motifs is 3. The molecule has 2 aromatic rings. The number of aromatic nitrogens is 2. The first-order valence-electron chi connectivity index (χ1n) is 11.4.